The van der Waals surface area contributed by atoms with Gasteiger partial charge in [-0.25, -0.2) is 0 Å². The molecule has 0 aromatic heterocycles. The summed E-state index contributed by atoms with van der Waals surface area (Å²) in [6.07, 6.45) is 0.655. The minimum Gasteiger partial charge on any atom is -0.454 e. The standard InChI is InChI=1S/C23H20Cl2N2O5/c24-20-13-8-14(21(20)25)19-18(13)22(30)27(23(19)31)9-17(29)32-10-16(28)26-15-7-3-5-11-4-1-2-6-12(11)15/h1-7,13-14,18-21H,8-10H2,(H,26,28)/t13-,14-,18-,19+,20+,21+/m1/s1. The first kappa shape index (κ1) is 21.2. The number of carbonyl (C=O) groups is 4. The van der Waals surface area contributed by atoms with Gasteiger partial charge in [-0.15, -0.1) is 23.2 Å². The second kappa shape index (κ2) is 8.05. The molecule has 2 bridgehead atoms. The van der Waals surface area contributed by atoms with E-state index in [9.17, 15) is 19.2 Å². The molecule has 7 nitrogen and oxygen atoms in total. The number of nitrogens with one attached hydrogen (secondary N) is 1. The maximum absolute atomic E-state index is 12.8. The molecule has 2 aromatic rings. The Morgan fingerprint density at radius 2 is 1.59 bits per heavy atom. The van der Waals surface area contributed by atoms with Crippen LogP contribution in [0.2, 0.25) is 0 Å². The summed E-state index contributed by atoms with van der Waals surface area (Å²) in [5.41, 5.74) is 0.601. The molecule has 9 heteroatoms. The van der Waals surface area contributed by atoms with Gasteiger partial charge in [0.1, 0.15) is 6.54 Å². The molecule has 1 aliphatic heterocycles. The average molecular weight is 475 g/mol. The summed E-state index contributed by atoms with van der Waals surface area (Å²) < 4.78 is 5.03. The van der Waals surface area contributed by atoms with Crippen molar-refractivity contribution < 1.29 is 23.9 Å². The van der Waals surface area contributed by atoms with Crippen molar-refractivity contribution in [2.75, 3.05) is 18.5 Å². The summed E-state index contributed by atoms with van der Waals surface area (Å²) in [5, 5.41) is 3.83. The summed E-state index contributed by atoms with van der Waals surface area (Å²) >= 11 is 12.7. The predicted octanol–water partition coefficient (Wildman–Crippen LogP) is 2.79. The lowest BCUT2D eigenvalue weighted by Crippen LogP contribution is -2.38. The quantitative estimate of drug-likeness (QED) is 0.408. The first-order valence-corrected chi connectivity index (χ1v) is 11.3. The Hall–Kier alpha value is -2.64. The van der Waals surface area contributed by atoms with Crippen molar-refractivity contribution in [3.8, 4) is 0 Å². The van der Waals surface area contributed by atoms with E-state index in [1.807, 2.05) is 36.4 Å². The van der Waals surface area contributed by atoms with Crippen LogP contribution in [0.15, 0.2) is 42.5 Å². The number of amides is 3. The fraction of sp³-hybridized carbons (Fsp3) is 0.391. The van der Waals surface area contributed by atoms with Gasteiger partial charge in [-0.3, -0.25) is 24.1 Å². The van der Waals surface area contributed by atoms with Crippen LogP contribution in [0.5, 0.6) is 0 Å². The van der Waals surface area contributed by atoms with Crippen molar-refractivity contribution in [2.45, 2.75) is 17.2 Å². The van der Waals surface area contributed by atoms with E-state index in [1.165, 1.54) is 0 Å². The Morgan fingerprint density at radius 3 is 2.28 bits per heavy atom. The normalized spacial score (nSPS) is 30.6. The van der Waals surface area contributed by atoms with Crippen molar-refractivity contribution in [3.63, 3.8) is 0 Å². The Morgan fingerprint density at radius 1 is 0.969 bits per heavy atom. The van der Waals surface area contributed by atoms with Gasteiger partial charge in [-0.05, 0) is 29.7 Å². The van der Waals surface area contributed by atoms with Gasteiger partial charge in [-0.1, -0.05) is 36.4 Å². The van der Waals surface area contributed by atoms with Crippen LogP contribution in [0.25, 0.3) is 10.8 Å². The van der Waals surface area contributed by atoms with Crippen LogP contribution in [-0.2, 0) is 23.9 Å². The number of carbonyl (C=O) groups excluding carboxylic acids is 4. The molecule has 3 amide bonds. The van der Waals surface area contributed by atoms with Gasteiger partial charge in [0, 0.05) is 11.1 Å². The molecule has 32 heavy (non-hydrogen) atoms. The number of hydrogen-bond acceptors (Lipinski definition) is 5. The van der Waals surface area contributed by atoms with Crippen LogP contribution in [0.3, 0.4) is 0 Å². The molecule has 3 fully saturated rings. The van der Waals surface area contributed by atoms with Crippen molar-refractivity contribution in [1.82, 2.24) is 4.90 Å². The molecule has 0 spiro atoms. The average Bonchev–Trinajstić information content (AvgIpc) is 3.39. The fourth-order valence-electron chi connectivity index (χ4n) is 5.41. The molecule has 166 valence electrons. The lowest BCUT2D eigenvalue weighted by atomic mass is 9.80. The first-order chi connectivity index (χ1) is 15.4. The number of ether oxygens (including phenoxy) is 1. The van der Waals surface area contributed by atoms with Crippen LogP contribution < -0.4 is 5.32 Å². The lowest BCUT2D eigenvalue weighted by Gasteiger charge is -2.28. The molecule has 2 saturated carbocycles. The lowest BCUT2D eigenvalue weighted by molar-refractivity contribution is -0.154. The van der Waals surface area contributed by atoms with Crippen LogP contribution in [-0.4, -0.2) is 52.5 Å². The Balaban J connectivity index is 1.18. The van der Waals surface area contributed by atoms with Gasteiger partial charge in [0.05, 0.1) is 22.6 Å². The molecule has 2 aliphatic carbocycles. The van der Waals surface area contributed by atoms with Crippen molar-refractivity contribution in [1.29, 1.82) is 0 Å². The van der Waals surface area contributed by atoms with Crippen LogP contribution in [0.4, 0.5) is 5.69 Å². The minimum absolute atomic E-state index is 0.155. The number of likely N-dealkylation sites (tertiary alicyclic amines) is 1. The summed E-state index contributed by atoms with van der Waals surface area (Å²) in [4.78, 5) is 51.1. The fourth-order valence-corrected chi connectivity index (χ4v) is 6.30. The Bertz CT molecular complexity index is 1100. The van der Waals surface area contributed by atoms with Gasteiger partial charge in [0.25, 0.3) is 5.91 Å². The maximum atomic E-state index is 12.8. The van der Waals surface area contributed by atoms with E-state index in [2.05, 4.69) is 5.32 Å². The zero-order valence-corrected chi connectivity index (χ0v) is 18.4. The van der Waals surface area contributed by atoms with Crippen molar-refractivity contribution in [3.05, 3.63) is 42.5 Å². The zero-order chi connectivity index (χ0) is 22.6. The van der Waals surface area contributed by atoms with E-state index in [-0.39, 0.29) is 22.6 Å². The number of anilines is 1. The largest absolute Gasteiger partial charge is 0.454 e. The molecule has 1 heterocycles. The SMILES string of the molecule is O=C(COC(=O)CN1C(=O)[C@@H]2[C@H]3C[C@@H]([C@H](Cl)[C@H]3Cl)[C@@H]2C1=O)Nc1cccc2ccccc12. The molecule has 0 unspecified atom stereocenters. The topological polar surface area (TPSA) is 92.8 Å². The number of esters is 1. The van der Waals surface area contributed by atoms with Crippen molar-refractivity contribution >= 4 is 63.4 Å². The van der Waals surface area contributed by atoms with Gasteiger partial charge < -0.3 is 10.1 Å². The number of fused-ring (bicyclic) bond motifs is 6. The van der Waals surface area contributed by atoms with E-state index >= 15 is 0 Å². The Labute approximate surface area is 194 Å². The monoisotopic (exact) mass is 474 g/mol. The summed E-state index contributed by atoms with van der Waals surface area (Å²) in [6, 6.07) is 13.1. The highest BCUT2D eigenvalue weighted by Gasteiger charge is 2.66. The highest BCUT2D eigenvalue weighted by molar-refractivity contribution is 6.31. The molecule has 5 rings (SSSR count). The third-order valence-electron chi connectivity index (χ3n) is 6.79. The summed E-state index contributed by atoms with van der Waals surface area (Å²) in [5.74, 6) is -3.50. The number of halogens is 2. The molecular weight excluding hydrogens is 455 g/mol. The third kappa shape index (κ3) is 3.35. The molecule has 1 saturated heterocycles. The summed E-state index contributed by atoms with van der Waals surface area (Å²) in [7, 11) is 0. The zero-order valence-electron chi connectivity index (χ0n) is 16.9. The van der Waals surface area contributed by atoms with E-state index in [0.29, 0.717) is 12.1 Å². The van der Waals surface area contributed by atoms with E-state index in [0.717, 1.165) is 15.7 Å². The summed E-state index contributed by atoms with van der Waals surface area (Å²) in [6.45, 7) is -1.05. The van der Waals surface area contributed by atoms with Gasteiger partial charge in [0.15, 0.2) is 6.61 Å². The van der Waals surface area contributed by atoms with E-state index in [1.54, 1.807) is 6.07 Å². The van der Waals surface area contributed by atoms with E-state index < -0.39 is 48.7 Å². The van der Waals surface area contributed by atoms with Crippen LogP contribution in [0, 0.1) is 23.7 Å². The molecule has 3 aliphatic rings. The van der Waals surface area contributed by atoms with Gasteiger partial charge in [-0.2, -0.15) is 0 Å². The van der Waals surface area contributed by atoms with Crippen LogP contribution in [0.1, 0.15) is 6.42 Å². The third-order valence-corrected chi connectivity index (χ3v) is 8.11. The second-order valence-electron chi connectivity index (χ2n) is 8.50. The highest BCUT2D eigenvalue weighted by atomic mass is 35.5. The molecule has 0 radical (unpaired) electrons. The van der Waals surface area contributed by atoms with Crippen molar-refractivity contribution in [2.24, 2.45) is 23.7 Å². The van der Waals surface area contributed by atoms with Gasteiger partial charge >= 0.3 is 5.97 Å². The van der Waals surface area contributed by atoms with Crippen LogP contribution >= 0.6 is 23.2 Å². The second-order valence-corrected chi connectivity index (χ2v) is 9.51. The number of benzene rings is 2. The minimum atomic E-state index is -0.822. The number of imide groups is 1. The number of nitrogens with zero attached hydrogens (tertiary/aromatic N) is 1. The highest BCUT2D eigenvalue weighted by Crippen LogP contribution is 2.59. The number of rotatable bonds is 5. The molecule has 2 aromatic carbocycles. The number of alkyl halides is 2. The maximum Gasteiger partial charge on any atom is 0.326 e. The predicted molar refractivity (Wildman–Crippen MR) is 118 cm³/mol. The van der Waals surface area contributed by atoms with E-state index in [4.69, 9.17) is 27.9 Å². The first-order valence-electron chi connectivity index (χ1n) is 10.4. The number of hydrogen-bond donors (Lipinski definition) is 1. The molecular formula is C23H20Cl2N2O5. The molecule has 6 atom stereocenters. The smallest absolute Gasteiger partial charge is 0.326 e. The van der Waals surface area contributed by atoms with Gasteiger partial charge in [0.2, 0.25) is 11.8 Å². The Kier molecular flexibility index (Phi) is 5.34. The molecule has 1 N–H and O–H groups in total.